The zero-order chi connectivity index (χ0) is 24.8. The molecule has 2 bridgehead atoms. The van der Waals surface area contributed by atoms with E-state index in [4.69, 9.17) is 4.74 Å². The van der Waals surface area contributed by atoms with Crippen molar-refractivity contribution in [3.05, 3.63) is 94.5 Å². The summed E-state index contributed by atoms with van der Waals surface area (Å²) in [4.78, 5) is 28.4. The van der Waals surface area contributed by atoms with Crippen LogP contribution < -0.4 is 0 Å². The summed E-state index contributed by atoms with van der Waals surface area (Å²) in [5, 5.41) is 9.34. The Balaban J connectivity index is 1.14. The van der Waals surface area contributed by atoms with E-state index in [0.29, 0.717) is 30.6 Å². The molecule has 0 saturated carbocycles. The van der Waals surface area contributed by atoms with Gasteiger partial charge in [0.15, 0.2) is 5.78 Å². The molecule has 6 rings (SSSR count). The molecule has 2 saturated heterocycles. The molecule has 2 aliphatic heterocycles. The first-order valence-electron chi connectivity index (χ1n) is 12.7. The van der Waals surface area contributed by atoms with E-state index in [2.05, 4.69) is 30.3 Å². The molecule has 2 unspecified atom stereocenters. The highest BCUT2D eigenvalue weighted by molar-refractivity contribution is 5.98. The molecule has 0 aromatic heterocycles. The molecule has 0 radical (unpaired) electrons. The van der Waals surface area contributed by atoms with Gasteiger partial charge in [0.1, 0.15) is 6.61 Å². The topological polar surface area (TPSA) is 70.4 Å². The van der Waals surface area contributed by atoms with Crippen LogP contribution >= 0.6 is 0 Å². The van der Waals surface area contributed by atoms with E-state index in [1.54, 1.807) is 6.07 Å². The van der Waals surface area contributed by atoms with Crippen LogP contribution in [-0.4, -0.2) is 35.5 Å². The minimum absolute atomic E-state index is 0.0224. The minimum atomic E-state index is -0.266. The van der Waals surface area contributed by atoms with Gasteiger partial charge in [-0.05, 0) is 66.5 Å². The summed E-state index contributed by atoms with van der Waals surface area (Å²) >= 11 is 0. The van der Waals surface area contributed by atoms with Crippen molar-refractivity contribution in [2.24, 2.45) is 5.92 Å². The first kappa shape index (κ1) is 22.5. The first-order valence-corrected chi connectivity index (χ1v) is 12.7. The third-order valence-corrected chi connectivity index (χ3v) is 8.29. The van der Waals surface area contributed by atoms with Crippen LogP contribution in [0.15, 0.2) is 66.7 Å². The molecule has 1 amide bonds. The summed E-state index contributed by atoms with van der Waals surface area (Å²) in [5.74, 6) is -0.0149. The number of nitriles is 1. The molecule has 5 nitrogen and oxygen atoms in total. The SMILES string of the molecule is Cc1ccc(C(=O)C2CC3CCC(C2)N3C(=O)OCC2c3ccccc3-c3ccccc32)cc1C#N. The van der Waals surface area contributed by atoms with Gasteiger partial charge in [-0.25, -0.2) is 4.79 Å². The Morgan fingerprint density at radius 3 is 2.17 bits per heavy atom. The van der Waals surface area contributed by atoms with Gasteiger partial charge in [0.25, 0.3) is 0 Å². The van der Waals surface area contributed by atoms with Gasteiger partial charge < -0.3 is 9.64 Å². The molecule has 0 N–H and O–H groups in total. The van der Waals surface area contributed by atoms with Crippen LogP contribution in [-0.2, 0) is 4.74 Å². The van der Waals surface area contributed by atoms with Gasteiger partial charge in [0.05, 0.1) is 11.6 Å². The summed E-state index contributed by atoms with van der Waals surface area (Å²) in [7, 11) is 0. The highest BCUT2D eigenvalue weighted by Gasteiger charge is 2.46. The van der Waals surface area contributed by atoms with Gasteiger partial charge in [-0.15, -0.1) is 0 Å². The average Bonchev–Trinajstić information content (AvgIpc) is 3.37. The van der Waals surface area contributed by atoms with Crippen molar-refractivity contribution < 1.29 is 14.3 Å². The van der Waals surface area contributed by atoms with Crippen molar-refractivity contribution in [2.45, 2.75) is 50.6 Å². The maximum atomic E-state index is 13.3. The molecule has 36 heavy (non-hydrogen) atoms. The van der Waals surface area contributed by atoms with Crippen molar-refractivity contribution in [1.29, 1.82) is 5.26 Å². The molecule has 0 spiro atoms. The summed E-state index contributed by atoms with van der Waals surface area (Å²) in [6.45, 7) is 2.19. The second kappa shape index (κ2) is 8.95. The van der Waals surface area contributed by atoms with Crippen LogP contribution in [0.2, 0.25) is 0 Å². The Kier molecular flexibility index (Phi) is 5.60. The molecule has 2 heterocycles. The predicted molar refractivity (Wildman–Crippen MR) is 137 cm³/mol. The monoisotopic (exact) mass is 476 g/mol. The Morgan fingerprint density at radius 1 is 0.944 bits per heavy atom. The maximum Gasteiger partial charge on any atom is 0.410 e. The molecular weight excluding hydrogens is 448 g/mol. The van der Waals surface area contributed by atoms with Crippen LogP contribution in [0.1, 0.15) is 64.2 Å². The van der Waals surface area contributed by atoms with Crippen LogP contribution in [0.4, 0.5) is 4.79 Å². The van der Waals surface area contributed by atoms with E-state index in [1.165, 1.54) is 22.3 Å². The Hall–Kier alpha value is -3.91. The second-order valence-corrected chi connectivity index (χ2v) is 10.3. The highest BCUT2D eigenvalue weighted by Crippen LogP contribution is 2.45. The van der Waals surface area contributed by atoms with Crippen molar-refractivity contribution >= 4 is 11.9 Å². The zero-order valence-electron chi connectivity index (χ0n) is 20.3. The molecule has 3 aliphatic rings. The minimum Gasteiger partial charge on any atom is -0.448 e. The van der Waals surface area contributed by atoms with Crippen molar-refractivity contribution in [3.63, 3.8) is 0 Å². The molecule has 1 aliphatic carbocycles. The molecular formula is C31H28N2O3. The number of fused-ring (bicyclic) bond motifs is 5. The molecule has 3 aromatic carbocycles. The Labute approximate surface area is 211 Å². The van der Waals surface area contributed by atoms with E-state index < -0.39 is 0 Å². The van der Waals surface area contributed by atoms with E-state index >= 15 is 0 Å². The predicted octanol–water partition coefficient (Wildman–Crippen LogP) is 6.24. The lowest BCUT2D eigenvalue weighted by Crippen LogP contribution is -2.48. The number of rotatable bonds is 4. The van der Waals surface area contributed by atoms with Gasteiger partial charge in [-0.3, -0.25) is 4.79 Å². The van der Waals surface area contributed by atoms with E-state index in [9.17, 15) is 14.9 Å². The number of amides is 1. The fourth-order valence-corrected chi connectivity index (χ4v) is 6.49. The number of ether oxygens (including phenoxy) is 1. The summed E-state index contributed by atoms with van der Waals surface area (Å²) in [5.41, 5.74) is 6.84. The fourth-order valence-electron chi connectivity index (χ4n) is 6.49. The lowest BCUT2D eigenvalue weighted by atomic mass is 9.84. The number of nitrogens with zero attached hydrogens (tertiary/aromatic N) is 2. The lowest BCUT2D eigenvalue weighted by Gasteiger charge is -2.37. The largest absolute Gasteiger partial charge is 0.448 e. The van der Waals surface area contributed by atoms with Crippen molar-refractivity contribution in [2.75, 3.05) is 6.61 Å². The van der Waals surface area contributed by atoms with Gasteiger partial charge in [0.2, 0.25) is 0 Å². The molecule has 5 heteroatoms. The highest BCUT2D eigenvalue weighted by atomic mass is 16.6. The number of hydrogen-bond acceptors (Lipinski definition) is 4. The molecule has 2 atom stereocenters. The van der Waals surface area contributed by atoms with E-state index in [-0.39, 0.29) is 35.8 Å². The maximum absolute atomic E-state index is 13.3. The van der Waals surface area contributed by atoms with Crippen LogP contribution in [0.5, 0.6) is 0 Å². The fraction of sp³-hybridized carbons (Fsp3) is 0.323. The van der Waals surface area contributed by atoms with E-state index in [1.807, 2.05) is 48.2 Å². The van der Waals surface area contributed by atoms with E-state index in [0.717, 1.165) is 18.4 Å². The molecule has 3 aromatic rings. The standard InChI is InChI=1S/C31H28N2O3/c1-19-10-11-20(14-22(19)17-32)30(34)21-15-23-12-13-24(16-21)33(23)31(35)36-18-29-27-8-4-2-6-25(27)26-7-3-5-9-28(26)29/h2-11,14,21,23-24,29H,12-13,15-16,18H2,1H3. The number of carbonyl (C=O) groups excluding carboxylic acids is 2. The zero-order valence-corrected chi connectivity index (χ0v) is 20.3. The summed E-state index contributed by atoms with van der Waals surface area (Å²) < 4.78 is 5.95. The van der Waals surface area contributed by atoms with Gasteiger partial charge in [-0.2, -0.15) is 5.26 Å². The number of Topliss-reactive ketones (excluding diaryl/α,β-unsaturated/α-hetero) is 1. The molecule has 2 fully saturated rings. The van der Waals surface area contributed by atoms with Crippen molar-refractivity contribution in [1.82, 2.24) is 4.90 Å². The van der Waals surface area contributed by atoms with Crippen molar-refractivity contribution in [3.8, 4) is 17.2 Å². The third-order valence-electron chi connectivity index (χ3n) is 8.29. The van der Waals surface area contributed by atoms with Gasteiger partial charge in [0, 0.05) is 29.5 Å². The normalized spacial score (nSPS) is 22.0. The lowest BCUT2D eigenvalue weighted by molar-refractivity contribution is 0.0506. The number of benzene rings is 3. The quantitative estimate of drug-likeness (QED) is 0.418. The summed E-state index contributed by atoms with van der Waals surface area (Å²) in [6.07, 6.45) is 2.83. The number of carbonyl (C=O) groups is 2. The number of piperidine rings is 1. The average molecular weight is 477 g/mol. The van der Waals surface area contributed by atoms with Crippen LogP contribution in [0.25, 0.3) is 11.1 Å². The molecule has 180 valence electrons. The van der Waals surface area contributed by atoms with Crippen LogP contribution in [0, 0.1) is 24.2 Å². The Morgan fingerprint density at radius 2 is 1.56 bits per heavy atom. The van der Waals surface area contributed by atoms with Crippen LogP contribution in [0.3, 0.4) is 0 Å². The second-order valence-electron chi connectivity index (χ2n) is 10.3. The van der Waals surface area contributed by atoms with Gasteiger partial charge >= 0.3 is 6.09 Å². The number of hydrogen-bond donors (Lipinski definition) is 0. The third kappa shape index (κ3) is 3.69. The summed E-state index contributed by atoms with van der Waals surface area (Å²) in [6, 6.07) is 24.3. The number of ketones is 1. The Bertz CT molecular complexity index is 1350. The smallest absolute Gasteiger partial charge is 0.410 e. The van der Waals surface area contributed by atoms with Gasteiger partial charge in [-0.1, -0.05) is 60.7 Å². The first-order chi connectivity index (χ1) is 17.5. The number of aryl methyl sites for hydroxylation is 1.